The summed E-state index contributed by atoms with van der Waals surface area (Å²) in [5.74, 6) is 0.844. The van der Waals surface area contributed by atoms with Crippen molar-refractivity contribution < 1.29 is 8.81 Å². The maximum absolute atomic E-state index is 13.8. The van der Waals surface area contributed by atoms with Crippen molar-refractivity contribution in [2.24, 2.45) is 0 Å². The van der Waals surface area contributed by atoms with E-state index in [4.69, 9.17) is 4.42 Å². The van der Waals surface area contributed by atoms with Crippen molar-refractivity contribution in [2.75, 3.05) is 5.32 Å². The van der Waals surface area contributed by atoms with Crippen molar-refractivity contribution in [1.29, 1.82) is 0 Å². The molecule has 0 bridgehead atoms. The molecule has 1 atom stereocenters. The quantitative estimate of drug-likeness (QED) is 0.857. The van der Waals surface area contributed by atoms with Crippen molar-refractivity contribution in [3.05, 3.63) is 53.2 Å². The van der Waals surface area contributed by atoms with E-state index in [1.807, 2.05) is 19.1 Å². The van der Waals surface area contributed by atoms with Gasteiger partial charge in [-0.3, -0.25) is 0 Å². The molecule has 0 spiro atoms. The first-order valence-electron chi connectivity index (χ1n) is 6.33. The van der Waals surface area contributed by atoms with E-state index in [2.05, 4.69) is 5.32 Å². The Bertz CT molecular complexity index is 561. The van der Waals surface area contributed by atoms with Crippen molar-refractivity contribution in [1.82, 2.24) is 0 Å². The third kappa shape index (κ3) is 2.01. The van der Waals surface area contributed by atoms with Crippen LogP contribution in [0.2, 0.25) is 0 Å². The van der Waals surface area contributed by atoms with Gasteiger partial charge in [0.25, 0.3) is 0 Å². The predicted molar refractivity (Wildman–Crippen MR) is 69.1 cm³/mol. The standard InChI is InChI=1S/C15H16FNO/c1-10-5-6-14(12(16)9-10)17-13-3-2-4-15-11(13)7-8-18-15/h5-9,13,17H,2-4H2,1H3. The summed E-state index contributed by atoms with van der Waals surface area (Å²) in [6, 6.07) is 7.42. The summed E-state index contributed by atoms with van der Waals surface area (Å²) < 4.78 is 19.3. The van der Waals surface area contributed by atoms with Crippen LogP contribution in [0.1, 0.15) is 35.8 Å². The molecular formula is C15H16FNO. The van der Waals surface area contributed by atoms with Crippen molar-refractivity contribution in [3.63, 3.8) is 0 Å². The monoisotopic (exact) mass is 245 g/mol. The second kappa shape index (κ2) is 4.48. The zero-order chi connectivity index (χ0) is 12.5. The summed E-state index contributed by atoms with van der Waals surface area (Å²) in [6.07, 6.45) is 4.79. The van der Waals surface area contributed by atoms with Gasteiger partial charge in [-0.1, -0.05) is 6.07 Å². The number of halogens is 1. The maximum Gasteiger partial charge on any atom is 0.146 e. The van der Waals surface area contributed by atoms with Crippen LogP contribution in [0.15, 0.2) is 34.9 Å². The molecular weight excluding hydrogens is 229 g/mol. The van der Waals surface area contributed by atoms with Gasteiger partial charge < -0.3 is 9.73 Å². The van der Waals surface area contributed by atoms with E-state index in [0.29, 0.717) is 5.69 Å². The molecule has 1 heterocycles. The first-order chi connectivity index (χ1) is 8.74. The van der Waals surface area contributed by atoms with Gasteiger partial charge in [-0.25, -0.2) is 4.39 Å². The second-order valence-corrected chi connectivity index (χ2v) is 4.87. The van der Waals surface area contributed by atoms with Gasteiger partial charge >= 0.3 is 0 Å². The number of furan rings is 1. The third-order valence-electron chi connectivity index (χ3n) is 3.51. The molecule has 1 unspecified atom stereocenters. The molecule has 1 aromatic heterocycles. The smallest absolute Gasteiger partial charge is 0.146 e. The summed E-state index contributed by atoms with van der Waals surface area (Å²) in [6.45, 7) is 1.89. The molecule has 1 aliphatic rings. The Hall–Kier alpha value is -1.77. The zero-order valence-corrected chi connectivity index (χ0v) is 10.4. The normalized spacial score (nSPS) is 18.4. The van der Waals surface area contributed by atoms with E-state index in [9.17, 15) is 4.39 Å². The third-order valence-corrected chi connectivity index (χ3v) is 3.51. The molecule has 18 heavy (non-hydrogen) atoms. The molecule has 1 aromatic carbocycles. The van der Waals surface area contributed by atoms with Crippen LogP contribution in [0.4, 0.5) is 10.1 Å². The lowest BCUT2D eigenvalue weighted by Crippen LogP contribution is -2.16. The minimum Gasteiger partial charge on any atom is -0.469 e. The number of hydrogen-bond acceptors (Lipinski definition) is 2. The molecule has 2 aromatic rings. The highest BCUT2D eigenvalue weighted by molar-refractivity contribution is 5.48. The molecule has 0 saturated heterocycles. The fourth-order valence-electron chi connectivity index (χ4n) is 2.56. The van der Waals surface area contributed by atoms with Crippen LogP contribution in [0, 0.1) is 12.7 Å². The molecule has 0 aliphatic heterocycles. The number of aryl methyl sites for hydroxylation is 2. The molecule has 1 N–H and O–H groups in total. The second-order valence-electron chi connectivity index (χ2n) is 4.87. The lowest BCUT2D eigenvalue weighted by atomic mass is 9.93. The highest BCUT2D eigenvalue weighted by Crippen LogP contribution is 2.33. The molecule has 0 amide bonds. The van der Waals surface area contributed by atoms with Gasteiger partial charge in [0.15, 0.2) is 0 Å². The Morgan fingerprint density at radius 3 is 3.06 bits per heavy atom. The molecule has 94 valence electrons. The van der Waals surface area contributed by atoms with Crippen LogP contribution >= 0.6 is 0 Å². The Kier molecular flexibility index (Phi) is 2.82. The summed E-state index contributed by atoms with van der Waals surface area (Å²) in [5, 5.41) is 3.28. The molecule has 3 heteroatoms. The highest BCUT2D eigenvalue weighted by atomic mass is 19.1. The topological polar surface area (TPSA) is 25.2 Å². The molecule has 1 aliphatic carbocycles. The first-order valence-corrected chi connectivity index (χ1v) is 6.33. The van der Waals surface area contributed by atoms with Gasteiger partial charge in [-0.15, -0.1) is 0 Å². The van der Waals surface area contributed by atoms with E-state index in [-0.39, 0.29) is 11.9 Å². The fraction of sp³-hybridized carbons (Fsp3) is 0.333. The first kappa shape index (κ1) is 11.3. The number of fused-ring (bicyclic) bond motifs is 1. The lowest BCUT2D eigenvalue weighted by Gasteiger charge is -2.24. The molecule has 2 nitrogen and oxygen atoms in total. The van der Waals surface area contributed by atoms with Crippen molar-refractivity contribution >= 4 is 5.69 Å². The van der Waals surface area contributed by atoms with Crippen LogP contribution in [0.5, 0.6) is 0 Å². The largest absolute Gasteiger partial charge is 0.469 e. The van der Waals surface area contributed by atoms with Crippen molar-refractivity contribution in [2.45, 2.75) is 32.2 Å². The van der Waals surface area contributed by atoms with Crippen LogP contribution < -0.4 is 5.32 Å². The van der Waals surface area contributed by atoms with E-state index < -0.39 is 0 Å². The van der Waals surface area contributed by atoms with E-state index >= 15 is 0 Å². The molecule has 0 saturated carbocycles. The fourth-order valence-corrected chi connectivity index (χ4v) is 2.56. The number of rotatable bonds is 2. The zero-order valence-electron chi connectivity index (χ0n) is 10.4. The van der Waals surface area contributed by atoms with Gasteiger partial charge in [0.1, 0.15) is 11.6 Å². The Balaban J connectivity index is 1.86. The van der Waals surface area contributed by atoms with Crippen LogP contribution in [0.25, 0.3) is 0 Å². The van der Waals surface area contributed by atoms with Gasteiger partial charge in [0.05, 0.1) is 18.0 Å². The van der Waals surface area contributed by atoms with Gasteiger partial charge in [-0.2, -0.15) is 0 Å². The Morgan fingerprint density at radius 1 is 1.33 bits per heavy atom. The van der Waals surface area contributed by atoms with Crippen molar-refractivity contribution in [3.8, 4) is 0 Å². The average Bonchev–Trinajstić information content (AvgIpc) is 2.82. The minimum atomic E-state index is -0.189. The summed E-state index contributed by atoms with van der Waals surface area (Å²) in [4.78, 5) is 0. The Labute approximate surface area is 106 Å². The number of hydrogen-bond donors (Lipinski definition) is 1. The Morgan fingerprint density at radius 2 is 2.22 bits per heavy atom. The van der Waals surface area contributed by atoms with E-state index in [1.54, 1.807) is 18.4 Å². The molecule has 3 rings (SSSR count). The average molecular weight is 245 g/mol. The summed E-state index contributed by atoms with van der Waals surface area (Å²) in [7, 11) is 0. The van der Waals surface area contributed by atoms with E-state index in [0.717, 1.165) is 30.6 Å². The number of nitrogens with one attached hydrogen (secondary N) is 1. The van der Waals surface area contributed by atoms with Gasteiger partial charge in [-0.05, 0) is 43.5 Å². The van der Waals surface area contributed by atoms with Crippen LogP contribution in [-0.2, 0) is 6.42 Å². The molecule has 0 radical (unpaired) electrons. The summed E-state index contributed by atoms with van der Waals surface area (Å²) >= 11 is 0. The predicted octanol–water partition coefficient (Wildman–Crippen LogP) is 4.22. The maximum atomic E-state index is 13.8. The minimum absolute atomic E-state index is 0.157. The molecule has 0 fully saturated rings. The van der Waals surface area contributed by atoms with Crippen LogP contribution in [0.3, 0.4) is 0 Å². The SMILES string of the molecule is Cc1ccc(NC2CCCc3occc32)c(F)c1. The van der Waals surface area contributed by atoms with Crippen LogP contribution in [-0.4, -0.2) is 0 Å². The van der Waals surface area contributed by atoms with Gasteiger partial charge in [0, 0.05) is 12.0 Å². The lowest BCUT2D eigenvalue weighted by molar-refractivity contribution is 0.460. The van der Waals surface area contributed by atoms with E-state index in [1.165, 1.54) is 5.56 Å². The number of anilines is 1. The number of benzene rings is 1. The van der Waals surface area contributed by atoms with Gasteiger partial charge in [0.2, 0.25) is 0 Å². The summed E-state index contributed by atoms with van der Waals surface area (Å²) in [5.41, 5.74) is 2.67. The highest BCUT2D eigenvalue weighted by Gasteiger charge is 2.23.